The Morgan fingerprint density at radius 2 is 1.76 bits per heavy atom. The smallest absolute Gasteiger partial charge is 0.228 e. The standard InChI is InChI=1S/C16H30N2O2.ClH/c1-15(2)6-4-13(5-7-15)18-14(19)16(12-20-3)8-10-17-11-9-16;/h13,17H,4-12H2,1-3H3,(H,18,19);1H. The lowest BCUT2D eigenvalue weighted by Gasteiger charge is -2.39. The minimum atomic E-state index is -0.313. The summed E-state index contributed by atoms with van der Waals surface area (Å²) in [6.45, 7) is 7.01. The molecule has 1 heterocycles. The van der Waals surface area contributed by atoms with Gasteiger partial charge < -0.3 is 15.4 Å². The van der Waals surface area contributed by atoms with Gasteiger partial charge in [-0.3, -0.25) is 4.79 Å². The van der Waals surface area contributed by atoms with Gasteiger partial charge in [-0.25, -0.2) is 0 Å². The summed E-state index contributed by atoms with van der Waals surface area (Å²) in [4.78, 5) is 12.7. The second-order valence-electron chi connectivity index (χ2n) is 7.38. The first-order chi connectivity index (χ1) is 9.47. The van der Waals surface area contributed by atoms with Gasteiger partial charge in [0.1, 0.15) is 0 Å². The van der Waals surface area contributed by atoms with Gasteiger partial charge in [-0.2, -0.15) is 0 Å². The molecule has 21 heavy (non-hydrogen) atoms. The number of amides is 1. The number of nitrogens with one attached hydrogen (secondary N) is 2. The molecule has 2 aliphatic rings. The fraction of sp³-hybridized carbons (Fsp3) is 0.938. The maximum atomic E-state index is 12.7. The van der Waals surface area contributed by atoms with Gasteiger partial charge in [-0.1, -0.05) is 13.8 Å². The summed E-state index contributed by atoms with van der Waals surface area (Å²) in [5.41, 5.74) is 0.132. The van der Waals surface area contributed by atoms with Crippen molar-refractivity contribution in [1.29, 1.82) is 0 Å². The predicted octanol–water partition coefficient (Wildman–Crippen LogP) is 2.51. The van der Waals surface area contributed by atoms with Gasteiger partial charge in [0.2, 0.25) is 5.91 Å². The monoisotopic (exact) mass is 318 g/mol. The van der Waals surface area contributed by atoms with Gasteiger partial charge in [-0.05, 0) is 57.0 Å². The summed E-state index contributed by atoms with van der Waals surface area (Å²) in [5.74, 6) is 0.213. The summed E-state index contributed by atoms with van der Waals surface area (Å²) in [6.07, 6.45) is 6.39. The molecule has 0 spiro atoms. The SMILES string of the molecule is COCC1(C(=O)NC2CCC(C)(C)CC2)CCNCC1.Cl. The molecule has 2 fully saturated rings. The fourth-order valence-electron chi connectivity index (χ4n) is 3.50. The lowest BCUT2D eigenvalue weighted by Crippen LogP contribution is -2.53. The molecule has 2 rings (SSSR count). The van der Waals surface area contributed by atoms with Gasteiger partial charge in [0.05, 0.1) is 12.0 Å². The Morgan fingerprint density at radius 3 is 2.29 bits per heavy atom. The molecule has 0 atom stereocenters. The van der Waals surface area contributed by atoms with E-state index >= 15 is 0 Å². The minimum Gasteiger partial charge on any atom is -0.384 e. The van der Waals surface area contributed by atoms with Crippen molar-refractivity contribution in [3.63, 3.8) is 0 Å². The van der Waals surface area contributed by atoms with E-state index in [1.165, 1.54) is 12.8 Å². The average Bonchev–Trinajstić information content (AvgIpc) is 2.42. The Kier molecular flexibility index (Phi) is 6.95. The van der Waals surface area contributed by atoms with Crippen LogP contribution in [0.1, 0.15) is 52.4 Å². The number of ether oxygens (including phenoxy) is 1. The Balaban J connectivity index is 0.00000220. The molecule has 0 bridgehead atoms. The highest BCUT2D eigenvalue weighted by Crippen LogP contribution is 2.36. The largest absolute Gasteiger partial charge is 0.384 e. The molecular formula is C16H31ClN2O2. The van der Waals surface area contributed by atoms with Crippen LogP contribution in [-0.2, 0) is 9.53 Å². The number of carbonyl (C=O) groups excluding carboxylic acids is 1. The summed E-state index contributed by atoms with van der Waals surface area (Å²) in [6, 6.07) is 0.360. The van der Waals surface area contributed by atoms with Crippen molar-refractivity contribution >= 4 is 18.3 Å². The van der Waals surface area contributed by atoms with Crippen LogP contribution in [-0.4, -0.2) is 38.8 Å². The molecule has 2 N–H and O–H groups in total. The van der Waals surface area contributed by atoms with Crippen molar-refractivity contribution in [2.75, 3.05) is 26.8 Å². The summed E-state index contributed by atoms with van der Waals surface area (Å²) < 4.78 is 5.34. The first-order valence-corrected chi connectivity index (χ1v) is 7.98. The molecule has 1 saturated heterocycles. The summed E-state index contributed by atoms with van der Waals surface area (Å²) in [5, 5.41) is 6.64. The highest BCUT2D eigenvalue weighted by atomic mass is 35.5. The van der Waals surface area contributed by atoms with Gasteiger partial charge in [0, 0.05) is 13.2 Å². The van der Waals surface area contributed by atoms with Crippen LogP contribution in [0.4, 0.5) is 0 Å². The van der Waals surface area contributed by atoms with Crippen LogP contribution in [0.15, 0.2) is 0 Å². The minimum absolute atomic E-state index is 0. The van der Waals surface area contributed by atoms with Crippen LogP contribution in [0.2, 0.25) is 0 Å². The number of piperidine rings is 1. The van der Waals surface area contributed by atoms with E-state index in [-0.39, 0.29) is 23.7 Å². The van der Waals surface area contributed by atoms with Crippen LogP contribution in [0.25, 0.3) is 0 Å². The maximum absolute atomic E-state index is 12.7. The van der Waals surface area contributed by atoms with Crippen molar-refractivity contribution in [3.05, 3.63) is 0 Å². The Labute approximate surface area is 135 Å². The second-order valence-corrected chi connectivity index (χ2v) is 7.38. The Hall–Kier alpha value is -0.320. The molecule has 0 radical (unpaired) electrons. The molecule has 4 nitrogen and oxygen atoms in total. The first-order valence-electron chi connectivity index (χ1n) is 7.98. The third kappa shape index (κ3) is 4.83. The van der Waals surface area contributed by atoms with E-state index in [0.29, 0.717) is 18.1 Å². The Morgan fingerprint density at radius 1 is 1.19 bits per heavy atom. The van der Waals surface area contributed by atoms with Gasteiger partial charge in [-0.15, -0.1) is 12.4 Å². The van der Waals surface area contributed by atoms with Crippen LogP contribution < -0.4 is 10.6 Å². The zero-order valence-corrected chi connectivity index (χ0v) is 14.5. The van der Waals surface area contributed by atoms with Crippen molar-refractivity contribution in [1.82, 2.24) is 10.6 Å². The molecule has 1 saturated carbocycles. The van der Waals surface area contributed by atoms with Crippen molar-refractivity contribution < 1.29 is 9.53 Å². The van der Waals surface area contributed by atoms with Crippen molar-refractivity contribution in [3.8, 4) is 0 Å². The molecule has 1 amide bonds. The van der Waals surface area contributed by atoms with Crippen LogP contribution in [0.5, 0.6) is 0 Å². The molecular weight excluding hydrogens is 288 g/mol. The normalized spacial score (nSPS) is 24.9. The van der Waals surface area contributed by atoms with Gasteiger partial charge in [0.25, 0.3) is 0 Å². The molecule has 5 heteroatoms. The molecule has 0 aromatic heterocycles. The highest BCUT2D eigenvalue weighted by molar-refractivity contribution is 5.85. The van der Waals surface area contributed by atoms with E-state index in [2.05, 4.69) is 24.5 Å². The number of carbonyl (C=O) groups is 1. The quantitative estimate of drug-likeness (QED) is 0.837. The van der Waals surface area contributed by atoms with Crippen LogP contribution in [0.3, 0.4) is 0 Å². The lowest BCUT2D eigenvalue weighted by molar-refractivity contribution is -0.137. The zero-order chi connectivity index (χ0) is 14.6. The zero-order valence-electron chi connectivity index (χ0n) is 13.7. The van der Waals surface area contributed by atoms with Crippen LogP contribution >= 0.6 is 12.4 Å². The van der Waals surface area contributed by atoms with Gasteiger partial charge >= 0.3 is 0 Å². The van der Waals surface area contributed by atoms with E-state index in [1.54, 1.807) is 7.11 Å². The number of hydrogen-bond donors (Lipinski definition) is 2. The predicted molar refractivity (Wildman–Crippen MR) is 87.8 cm³/mol. The lowest BCUT2D eigenvalue weighted by atomic mass is 9.74. The number of hydrogen-bond acceptors (Lipinski definition) is 3. The maximum Gasteiger partial charge on any atom is 0.228 e. The van der Waals surface area contributed by atoms with E-state index in [1.807, 2.05) is 0 Å². The molecule has 0 unspecified atom stereocenters. The van der Waals surface area contributed by atoms with E-state index < -0.39 is 0 Å². The van der Waals surface area contributed by atoms with Crippen LogP contribution in [0, 0.1) is 10.8 Å². The third-order valence-electron chi connectivity index (χ3n) is 5.14. The van der Waals surface area contributed by atoms with E-state index in [9.17, 15) is 4.79 Å². The van der Waals surface area contributed by atoms with E-state index in [4.69, 9.17) is 4.74 Å². The third-order valence-corrected chi connectivity index (χ3v) is 5.14. The molecule has 0 aromatic rings. The molecule has 1 aliphatic carbocycles. The second kappa shape index (κ2) is 7.80. The summed E-state index contributed by atoms with van der Waals surface area (Å²) in [7, 11) is 1.69. The summed E-state index contributed by atoms with van der Waals surface area (Å²) >= 11 is 0. The molecule has 1 aliphatic heterocycles. The Bertz CT molecular complexity index is 326. The first kappa shape index (κ1) is 18.7. The number of rotatable bonds is 4. The average molecular weight is 319 g/mol. The molecule has 124 valence electrons. The molecule has 0 aromatic carbocycles. The van der Waals surface area contributed by atoms with Gasteiger partial charge in [0.15, 0.2) is 0 Å². The van der Waals surface area contributed by atoms with Crippen molar-refractivity contribution in [2.45, 2.75) is 58.4 Å². The topological polar surface area (TPSA) is 50.4 Å². The highest BCUT2D eigenvalue weighted by Gasteiger charge is 2.41. The fourth-order valence-corrected chi connectivity index (χ4v) is 3.50. The number of halogens is 1. The number of methoxy groups -OCH3 is 1. The van der Waals surface area contributed by atoms with E-state index in [0.717, 1.165) is 38.8 Å². The van der Waals surface area contributed by atoms with Crippen molar-refractivity contribution in [2.24, 2.45) is 10.8 Å².